The highest BCUT2D eigenvalue weighted by Gasteiger charge is 2.53. The second kappa shape index (κ2) is 6.67. The van der Waals surface area contributed by atoms with Crippen molar-refractivity contribution in [2.75, 3.05) is 18.1 Å². The fourth-order valence-electron chi connectivity index (χ4n) is 3.48. The van der Waals surface area contributed by atoms with Crippen LogP contribution in [0, 0.1) is 0 Å². The van der Waals surface area contributed by atoms with Crippen LogP contribution in [0.5, 0.6) is 5.75 Å². The fourth-order valence-corrected chi connectivity index (χ4v) is 3.48. The summed E-state index contributed by atoms with van der Waals surface area (Å²) in [5.74, 6) is -0.766. The zero-order valence-electron chi connectivity index (χ0n) is 14.3. The van der Waals surface area contributed by atoms with Crippen LogP contribution in [0.1, 0.15) is 31.9 Å². The molecule has 1 saturated heterocycles. The van der Waals surface area contributed by atoms with Gasteiger partial charge in [-0.25, -0.2) is 4.79 Å². The molecular weight excluding hydrogens is 326 g/mol. The Bertz CT molecular complexity index is 674. The summed E-state index contributed by atoms with van der Waals surface area (Å²) in [5.41, 5.74) is 1.23. The lowest BCUT2D eigenvalue weighted by Gasteiger charge is -2.41. The molecule has 136 valence electrons. The van der Waals surface area contributed by atoms with Gasteiger partial charge in [0.1, 0.15) is 24.6 Å². The van der Waals surface area contributed by atoms with Gasteiger partial charge in [-0.05, 0) is 38.5 Å². The first kappa shape index (κ1) is 17.7. The molecule has 3 atom stereocenters. The minimum Gasteiger partial charge on any atom is -0.508 e. The highest BCUT2D eigenvalue weighted by atomic mass is 16.8. The molecule has 7 heteroatoms. The number of amides is 1. The second-order valence-electron chi connectivity index (χ2n) is 6.58. The van der Waals surface area contributed by atoms with Crippen molar-refractivity contribution in [1.29, 1.82) is 0 Å². The lowest BCUT2D eigenvalue weighted by Crippen LogP contribution is -2.53. The molecule has 2 heterocycles. The van der Waals surface area contributed by atoms with Gasteiger partial charge in [-0.15, -0.1) is 0 Å². The maximum atomic E-state index is 12.7. The van der Waals surface area contributed by atoms with Crippen molar-refractivity contribution in [3.63, 3.8) is 0 Å². The molecule has 1 fully saturated rings. The van der Waals surface area contributed by atoms with Crippen molar-refractivity contribution < 1.29 is 29.2 Å². The number of aromatic hydroxyl groups is 1. The number of aliphatic hydroxyl groups is 1. The molecule has 1 aromatic carbocycles. The Morgan fingerprint density at radius 2 is 2.20 bits per heavy atom. The molecule has 2 aliphatic rings. The molecule has 0 aliphatic carbocycles. The molecule has 0 spiro atoms. The summed E-state index contributed by atoms with van der Waals surface area (Å²) in [6.07, 6.45) is 0.313. The van der Waals surface area contributed by atoms with E-state index in [-0.39, 0.29) is 19.0 Å². The summed E-state index contributed by atoms with van der Waals surface area (Å²) in [6.45, 7) is 7.10. The predicted octanol–water partition coefficient (Wildman–Crippen LogP) is 2.48. The number of aliphatic hydroxyl groups excluding tert-OH is 1. The van der Waals surface area contributed by atoms with Crippen molar-refractivity contribution in [1.82, 2.24) is 0 Å². The molecule has 2 N–H and O–H groups in total. The van der Waals surface area contributed by atoms with Crippen LogP contribution < -0.4 is 4.90 Å². The van der Waals surface area contributed by atoms with E-state index in [2.05, 4.69) is 6.58 Å². The summed E-state index contributed by atoms with van der Waals surface area (Å²) in [5, 5.41) is 19.4. The number of hydrogen-bond donors (Lipinski definition) is 2. The van der Waals surface area contributed by atoms with Gasteiger partial charge in [0.25, 0.3) is 0 Å². The van der Waals surface area contributed by atoms with E-state index in [0.29, 0.717) is 17.7 Å². The zero-order valence-corrected chi connectivity index (χ0v) is 14.3. The average molecular weight is 349 g/mol. The number of hydrogen-bond acceptors (Lipinski definition) is 6. The summed E-state index contributed by atoms with van der Waals surface area (Å²) in [4.78, 5) is 14.1. The molecule has 1 aromatic rings. The molecule has 2 aliphatic heterocycles. The third kappa shape index (κ3) is 3.22. The van der Waals surface area contributed by atoms with Crippen LogP contribution in [0.25, 0.3) is 0 Å². The second-order valence-corrected chi connectivity index (χ2v) is 6.58. The first-order valence-corrected chi connectivity index (χ1v) is 8.24. The van der Waals surface area contributed by atoms with E-state index in [9.17, 15) is 15.0 Å². The number of fused-ring (bicyclic) bond motifs is 3. The molecule has 3 rings (SSSR count). The van der Waals surface area contributed by atoms with Crippen molar-refractivity contribution >= 4 is 11.8 Å². The lowest BCUT2D eigenvalue weighted by atomic mass is 9.89. The minimum absolute atomic E-state index is 0.0748. The molecular formula is C18H23NO6. The number of phenolic OH excluding ortho intramolecular Hbond substituents is 1. The van der Waals surface area contributed by atoms with Gasteiger partial charge in [0.15, 0.2) is 5.79 Å². The third-order valence-corrected chi connectivity index (χ3v) is 4.36. The number of carbonyl (C=O) groups excluding carboxylic acids is 1. The number of anilines is 1. The van der Waals surface area contributed by atoms with E-state index < -0.39 is 30.1 Å². The summed E-state index contributed by atoms with van der Waals surface area (Å²) >= 11 is 0. The number of rotatable bonds is 4. The minimum atomic E-state index is -0.840. The Morgan fingerprint density at radius 1 is 1.44 bits per heavy atom. The smallest absolute Gasteiger partial charge is 0.414 e. The van der Waals surface area contributed by atoms with E-state index in [1.54, 1.807) is 26.0 Å². The van der Waals surface area contributed by atoms with Gasteiger partial charge in [-0.1, -0.05) is 12.7 Å². The van der Waals surface area contributed by atoms with Gasteiger partial charge in [0.2, 0.25) is 0 Å². The maximum Gasteiger partial charge on any atom is 0.414 e. The van der Waals surface area contributed by atoms with E-state index in [1.807, 2.05) is 0 Å². The van der Waals surface area contributed by atoms with Crippen LogP contribution in [0.2, 0.25) is 0 Å². The monoisotopic (exact) mass is 349 g/mol. The topological polar surface area (TPSA) is 88.5 Å². The summed E-state index contributed by atoms with van der Waals surface area (Å²) in [6, 6.07) is 4.27. The maximum absolute atomic E-state index is 12.7. The number of carbonyl (C=O) groups is 1. The molecule has 0 radical (unpaired) electrons. The van der Waals surface area contributed by atoms with Gasteiger partial charge in [0.05, 0.1) is 11.7 Å². The lowest BCUT2D eigenvalue weighted by molar-refractivity contribution is -0.148. The average Bonchev–Trinajstić information content (AvgIpc) is 2.89. The highest BCUT2D eigenvalue weighted by Crippen LogP contribution is 2.49. The summed E-state index contributed by atoms with van der Waals surface area (Å²) in [7, 11) is 0. The van der Waals surface area contributed by atoms with Gasteiger partial charge in [-0.3, -0.25) is 4.90 Å². The van der Waals surface area contributed by atoms with Crippen LogP contribution in [0.15, 0.2) is 30.9 Å². The van der Waals surface area contributed by atoms with Crippen LogP contribution >= 0.6 is 0 Å². The third-order valence-electron chi connectivity index (χ3n) is 4.36. The largest absolute Gasteiger partial charge is 0.508 e. The number of phenols is 1. The normalized spacial score (nSPS) is 26.7. The molecule has 7 nitrogen and oxygen atoms in total. The van der Waals surface area contributed by atoms with E-state index in [1.165, 1.54) is 17.0 Å². The fraction of sp³-hybridized carbons (Fsp3) is 0.500. The van der Waals surface area contributed by atoms with Crippen LogP contribution in [-0.2, 0) is 14.2 Å². The van der Waals surface area contributed by atoms with Gasteiger partial charge >= 0.3 is 6.09 Å². The molecule has 0 bridgehead atoms. The van der Waals surface area contributed by atoms with Gasteiger partial charge < -0.3 is 24.4 Å². The first-order chi connectivity index (χ1) is 11.9. The molecule has 1 amide bonds. The van der Waals surface area contributed by atoms with E-state index in [0.717, 1.165) is 0 Å². The van der Waals surface area contributed by atoms with Crippen molar-refractivity contribution in [2.24, 2.45) is 0 Å². The highest BCUT2D eigenvalue weighted by molar-refractivity contribution is 5.90. The van der Waals surface area contributed by atoms with Crippen molar-refractivity contribution in [3.8, 4) is 5.75 Å². The van der Waals surface area contributed by atoms with Crippen LogP contribution in [0.3, 0.4) is 0 Å². The Balaban J connectivity index is 2.08. The Morgan fingerprint density at radius 3 is 2.88 bits per heavy atom. The molecule has 0 unspecified atom stereocenters. The van der Waals surface area contributed by atoms with Gasteiger partial charge in [0, 0.05) is 12.2 Å². The summed E-state index contributed by atoms with van der Waals surface area (Å²) < 4.78 is 17.2. The Hall–Kier alpha value is -2.09. The van der Waals surface area contributed by atoms with E-state index >= 15 is 0 Å². The van der Waals surface area contributed by atoms with E-state index in [4.69, 9.17) is 14.2 Å². The quantitative estimate of drug-likeness (QED) is 0.812. The molecule has 0 aromatic heterocycles. The standard InChI is InChI=1S/C18H23NO6/c1-4-9-23-17(22)19-13-6-5-11(21)10-12(13)15-16(14(19)7-8-20)25-18(2,3)24-15/h4-6,10,14-16,20-21H,1,7-9H2,2-3H3/t14-,15-,16-/m0/s1. The van der Waals surface area contributed by atoms with Crippen LogP contribution in [-0.4, -0.2) is 47.5 Å². The van der Waals surface area contributed by atoms with Crippen LogP contribution in [0.4, 0.5) is 10.5 Å². The van der Waals surface area contributed by atoms with Gasteiger partial charge in [-0.2, -0.15) is 0 Å². The SMILES string of the molecule is C=CCOC(=O)N1c2ccc(O)cc2[C@@H]2OC(C)(C)O[C@H]2[C@@H]1CCO. The van der Waals surface area contributed by atoms with Crippen molar-refractivity contribution in [3.05, 3.63) is 36.4 Å². The number of ether oxygens (including phenoxy) is 3. The number of benzene rings is 1. The first-order valence-electron chi connectivity index (χ1n) is 8.24. The predicted molar refractivity (Wildman–Crippen MR) is 90.4 cm³/mol. The molecule has 25 heavy (non-hydrogen) atoms. The van der Waals surface area contributed by atoms with Crippen molar-refractivity contribution in [2.45, 2.75) is 44.3 Å². The Kier molecular flexibility index (Phi) is 4.73. The zero-order chi connectivity index (χ0) is 18.2. The Labute approximate surface area is 146 Å². The molecule has 0 saturated carbocycles. The number of nitrogens with zero attached hydrogens (tertiary/aromatic N) is 1.